The summed E-state index contributed by atoms with van der Waals surface area (Å²) in [5, 5.41) is 0. The maximum Gasteiger partial charge on any atom is 0.472 e. The average Bonchev–Trinajstić information content (AvgIpc) is 3.42. The Kier molecular flexibility index (Phi) is 60.4. The number of carbonyl (C=O) groups is 2. The molecule has 1 N–H and O–H groups in total. The summed E-state index contributed by atoms with van der Waals surface area (Å²) in [6.07, 6.45) is 78.4. The van der Waals surface area contributed by atoms with Crippen molar-refractivity contribution in [2.24, 2.45) is 0 Å². The summed E-state index contributed by atoms with van der Waals surface area (Å²) in [5.41, 5.74) is 0. The normalized spacial score (nSPS) is 13.3. The summed E-state index contributed by atoms with van der Waals surface area (Å²) in [4.78, 5) is 35.8. The summed E-state index contributed by atoms with van der Waals surface area (Å²) >= 11 is 0. The number of quaternary nitrogens is 1. The molecule has 2 unspecified atom stereocenters. The van der Waals surface area contributed by atoms with Crippen LogP contribution in [0.4, 0.5) is 0 Å². The first-order valence-electron chi connectivity index (χ1n) is 34.7. The molecule has 0 saturated heterocycles. The highest BCUT2D eigenvalue weighted by Gasteiger charge is 2.27. The van der Waals surface area contributed by atoms with Gasteiger partial charge in [0.05, 0.1) is 27.7 Å². The van der Waals surface area contributed by atoms with Gasteiger partial charge in [0, 0.05) is 12.8 Å². The van der Waals surface area contributed by atoms with Crippen molar-refractivity contribution < 1.29 is 42.1 Å². The SMILES string of the molecule is CCCCCCC/C=C\C/C=C\CCCCCCCCCCCCCCCCCCCCCCCCCCCCCC(=O)OC(COC(=O)CCCCCCCCC/C=C\CCCCCCCC)COP(=O)(O)OCC[N+](C)(C)C. The lowest BCUT2D eigenvalue weighted by Crippen LogP contribution is -2.37. The Labute approximate surface area is 497 Å². The van der Waals surface area contributed by atoms with E-state index in [1.807, 2.05) is 21.1 Å². The van der Waals surface area contributed by atoms with Crippen molar-refractivity contribution in [1.82, 2.24) is 0 Å². The van der Waals surface area contributed by atoms with Crippen LogP contribution in [-0.2, 0) is 32.7 Å². The molecule has 472 valence electrons. The first-order chi connectivity index (χ1) is 39.0. The van der Waals surface area contributed by atoms with Crippen LogP contribution in [0.3, 0.4) is 0 Å². The van der Waals surface area contributed by atoms with E-state index in [1.54, 1.807) is 0 Å². The molecule has 0 saturated carbocycles. The summed E-state index contributed by atoms with van der Waals surface area (Å²) in [5.74, 6) is -0.784. The van der Waals surface area contributed by atoms with Crippen molar-refractivity contribution in [3.63, 3.8) is 0 Å². The van der Waals surface area contributed by atoms with E-state index < -0.39 is 26.5 Å². The number of hydrogen-bond donors (Lipinski definition) is 1. The van der Waals surface area contributed by atoms with E-state index in [2.05, 4.69) is 50.3 Å². The van der Waals surface area contributed by atoms with E-state index in [1.165, 1.54) is 276 Å². The topological polar surface area (TPSA) is 108 Å². The second-order valence-corrected chi connectivity index (χ2v) is 26.4. The Hall–Kier alpha value is -1.77. The molecule has 0 aromatic rings. The Bertz CT molecular complexity index is 1440. The summed E-state index contributed by atoms with van der Waals surface area (Å²) < 4.78 is 34.7. The molecule has 0 fully saturated rings. The molecule has 0 aliphatic heterocycles. The summed E-state index contributed by atoms with van der Waals surface area (Å²) in [6.45, 7) is 4.47. The van der Waals surface area contributed by atoms with E-state index >= 15 is 0 Å². The van der Waals surface area contributed by atoms with Crippen LogP contribution in [0, 0.1) is 0 Å². The minimum absolute atomic E-state index is 0.0337. The molecule has 0 heterocycles. The zero-order chi connectivity index (χ0) is 58.4. The molecular formula is C70H135NO8P+. The standard InChI is InChI=1S/C70H134NO8P/c1-6-8-10-12-14-16-18-20-22-24-25-26-27-28-29-30-31-32-33-34-35-36-37-38-39-40-41-42-43-44-45-47-49-51-53-55-57-59-61-63-70(73)79-68(67-78-80(74,75)77-65-64-71(3,4)5)66-76-69(72)62-60-58-56-54-52-50-48-46-23-21-19-17-15-13-11-9-7-2/h18,20-21,23-25,68H,6-17,19,22,26-67H2,1-5H3/p+1/b20-18-,23-21-,25-24-. The van der Waals surface area contributed by atoms with Gasteiger partial charge in [0.15, 0.2) is 6.10 Å². The lowest BCUT2D eigenvalue weighted by atomic mass is 10.0. The van der Waals surface area contributed by atoms with Crippen molar-refractivity contribution in [2.75, 3.05) is 47.5 Å². The number of ether oxygens (including phenoxy) is 2. The highest BCUT2D eigenvalue weighted by Crippen LogP contribution is 2.43. The van der Waals surface area contributed by atoms with Crippen LogP contribution in [0.1, 0.15) is 348 Å². The quantitative estimate of drug-likeness (QED) is 0.0211. The van der Waals surface area contributed by atoms with Crippen LogP contribution >= 0.6 is 7.82 Å². The van der Waals surface area contributed by atoms with Crippen LogP contribution in [-0.4, -0.2) is 74.9 Å². The van der Waals surface area contributed by atoms with Crippen molar-refractivity contribution in [2.45, 2.75) is 354 Å². The largest absolute Gasteiger partial charge is 0.472 e. The van der Waals surface area contributed by atoms with Gasteiger partial charge in [-0.1, -0.05) is 301 Å². The zero-order valence-corrected chi connectivity index (χ0v) is 54.7. The predicted octanol–water partition coefficient (Wildman–Crippen LogP) is 22.3. The summed E-state index contributed by atoms with van der Waals surface area (Å²) in [6, 6.07) is 0. The number of carbonyl (C=O) groups excluding carboxylic acids is 2. The van der Waals surface area contributed by atoms with Gasteiger partial charge in [-0.15, -0.1) is 0 Å². The molecule has 0 aromatic heterocycles. The maximum absolute atomic E-state index is 12.9. The Morgan fingerprint density at radius 2 is 0.675 bits per heavy atom. The number of phosphoric ester groups is 1. The third kappa shape index (κ3) is 65.4. The molecular weight excluding hydrogens is 1010 g/mol. The lowest BCUT2D eigenvalue weighted by molar-refractivity contribution is -0.870. The van der Waals surface area contributed by atoms with Gasteiger partial charge in [-0.3, -0.25) is 18.6 Å². The van der Waals surface area contributed by atoms with Crippen molar-refractivity contribution >= 4 is 19.8 Å². The molecule has 0 aliphatic carbocycles. The molecule has 0 radical (unpaired) electrons. The van der Waals surface area contributed by atoms with Crippen molar-refractivity contribution in [3.05, 3.63) is 36.5 Å². The average molecular weight is 1150 g/mol. The fourth-order valence-electron chi connectivity index (χ4n) is 10.3. The molecule has 0 aliphatic rings. The second kappa shape index (κ2) is 61.8. The second-order valence-electron chi connectivity index (χ2n) is 24.9. The van der Waals surface area contributed by atoms with E-state index in [0.717, 1.165) is 38.5 Å². The third-order valence-corrected chi connectivity index (χ3v) is 16.6. The minimum atomic E-state index is -4.39. The molecule has 0 bridgehead atoms. The van der Waals surface area contributed by atoms with Crippen LogP contribution in [0.25, 0.3) is 0 Å². The van der Waals surface area contributed by atoms with E-state index in [9.17, 15) is 19.0 Å². The first kappa shape index (κ1) is 78.2. The highest BCUT2D eigenvalue weighted by molar-refractivity contribution is 7.47. The number of hydrogen-bond acceptors (Lipinski definition) is 7. The van der Waals surface area contributed by atoms with Gasteiger partial charge in [0.1, 0.15) is 19.8 Å². The van der Waals surface area contributed by atoms with Gasteiger partial charge in [0.2, 0.25) is 0 Å². The Balaban J connectivity index is 3.89. The number of allylic oxidation sites excluding steroid dienone is 6. The van der Waals surface area contributed by atoms with Gasteiger partial charge < -0.3 is 18.9 Å². The fraction of sp³-hybridized carbons (Fsp3) is 0.886. The van der Waals surface area contributed by atoms with Crippen LogP contribution in [0.15, 0.2) is 36.5 Å². The Morgan fingerprint density at radius 3 is 1.00 bits per heavy atom. The minimum Gasteiger partial charge on any atom is -0.462 e. The summed E-state index contributed by atoms with van der Waals surface area (Å²) in [7, 11) is 1.49. The fourth-order valence-corrected chi connectivity index (χ4v) is 11.0. The van der Waals surface area contributed by atoms with Crippen molar-refractivity contribution in [3.8, 4) is 0 Å². The van der Waals surface area contributed by atoms with Gasteiger partial charge >= 0.3 is 19.8 Å². The van der Waals surface area contributed by atoms with E-state index in [4.69, 9.17) is 18.5 Å². The first-order valence-corrected chi connectivity index (χ1v) is 36.2. The number of phosphoric acid groups is 1. The molecule has 80 heavy (non-hydrogen) atoms. The molecule has 2 atom stereocenters. The van der Waals surface area contributed by atoms with E-state index in [-0.39, 0.29) is 32.0 Å². The number of esters is 2. The maximum atomic E-state index is 12.9. The monoisotopic (exact) mass is 1150 g/mol. The molecule has 9 nitrogen and oxygen atoms in total. The van der Waals surface area contributed by atoms with E-state index in [0.29, 0.717) is 17.4 Å². The van der Waals surface area contributed by atoms with Crippen molar-refractivity contribution in [1.29, 1.82) is 0 Å². The molecule has 0 rings (SSSR count). The zero-order valence-electron chi connectivity index (χ0n) is 53.8. The highest BCUT2D eigenvalue weighted by atomic mass is 31.2. The molecule has 0 amide bonds. The van der Waals surface area contributed by atoms with Gasteiger partial charge in [-0.05, 0) is 70.6 Å². The van der Waals surface area contributed by atoms with Crippen LogP contribution < -0.4 is 0 Å². The van der Waals surface area contributed by atoms with Crippen LogP contribution in [0.5, 0.6) is 0 Å². The third-order valence-electron chi connectivity index (χ3n) is 15.6. The molecule has 0 aromatic carbocycles. The number of nitrogens with zero attached hydrogens (tertiary/aromatic N) is 1. The number of likely N-dealkylation sites (N-methyl/N-ethyl adjacent to an activating group) is 1. The lowest BCUT2D eigenvalue weighted by Gasteiger charge is -2.24. The number of rotatable bonds is 65. The smallest absolute Gasteiger partial charge is 0.462 e. The van der Waals surface area contributed by atoms with Gasteiger partial charge in [0.25, 0.3) is 0 Å². The van der Waals surface area contributed by atoms with Gasteiger partial charge in [-0.2, -0.15) is 0 Å². The van der Waals surface area contributed by atoms with Gasteiger partial charge in [-0.25, -0.2) is 4.57 Å². The van der Waals surface area contributed by atoms with Crippen LogP contribution in [0.2, 0.25) is 0 Å². The number of unbranched alkanes of at least 4 members (excludes halogenated alkanes) is 45. The predicted molar refractivity (Wildman–Crippen MR) is 344 cm³/mol. The molecule has 0 spiro atoms. The molecule has 10 heteroatoms. The Morgan fingerprint density at radius 1 is 0.388 bits per heavy atom.